The molecule has 3 heteroatoms. The first-order chi connectivity index (χ1) is 16.3. The van der Waals surface area contributed by atoms with E-state index in [0.717, 1.165) is 38.6 Å². The van der Waals surface area contributed by atoms with Crippen LogP contribution in [-0.2, 0) is 0 Å². The van der Waals surface area contributed by atoms with E-state index in [1.807, 2.05) is 30.3 Å². The zero-order valence-corrected chi connectivity index (χ0v) is 17.7. The number of fused-ring (bicyclic) bond motifs is 5. The lowest BCUT2D eigenvalue weighted by atomic mass is 9.97. The molecular formula is C30H18N2O. The van der Waals surface area contributed by atoms with Gasteiger partial charge in [0.1, 0.15) is 11.1 Å². The van der Waals surface area contributed by atoms with Crippen LogP contribution < -0.4 is 0 Å². The third-order valence-electron chi connectivity index (χ3n) is 6.26. The van der Waals surface area contributed by atoms with Gasteiger partial charge in [0, 0.05) is 5.39 Å². The van der Waals surface area contributed by atoms with Gasteiger partial charge in [0.05, 0.1) is 11.0 Å². The first kappa shape index (κ1) is 18.1. The normalized spacial score (nSPS) is 11.6. The maximum atomic E-state index is 6.01. The summed E-state index contributed by atoms with van der Waals surface area (Å²) in [7, 11) is 0. The van der Waals surface area contributed by atoms with Gasteiger partial charge in [-0.15, -0.1) is 0 Å². The Morgan fingerprint density at radius 1 is 0.485 bits per heavy atom. The summed E-state index contributed by atoms with van der Waals surface area (Å²) < 4.78 is 6.01. The van der Waals surface area contributed by atoms with Crippen LogP contribution in [0.1, 0.15) is 0 Å². The molecule has 154 valence electrons. The summed E-state index contributed by atoms with van der Waals surface area (Å²) in [4.78, 5) is 9.51. The van der Waals surface area contributed by atoms with E-state index in [1.165, 1.54) is 21.9 Å². The van der Waals surface area contributed by atoms with Crippen LogP contribution in [-0.4, -0.2) is 9.97 Å². The Balaban J connectivity index is 1.37. The smallest absolute Gasteiger partial charge is 0.246 e. The molecule has 5 aromatic carbocycles. The molecular weight excluding hydrogens is 404 g/mol. The van der Waals surface area contributed by atoms with Crippen LogP contribution in [0.2, 0.25) is 0 Å². The molecule has 2 aromatic heterocycles. The molecule has 0 aliphatic carbocycles. The molecule has 0 unspecified atom stereocenters. The van der Waals surface area contributed by atoms with Crippen LogP contribution in [0, 0.1) is 0 Å². The van der Waals surface area contributed by atoms with Crippen LogP contribution in [0.4, 0.5) is 0 Å². The first-order valence-electron chi connectivity index (χ1n) is 11.0. The van der Waals surface area contributed by atoms with Crippen molar-refractivity contribution in [1.29, 1.82) is 0 Å². The van der Waals surface area contributed by atoms with Crippen LogP contribution in [0.5, 0.6) is 0 Å². The van der Waals surface area contributed by atoms with E-state index in [4.69, 9.17) is 9.40 Å². The monoisotopic (exact) mass is 422 g/mol. The molecule has 7 rings (SSSR count). The fraction of sp³-hybridized carbons (Fsp3) is 0. The Morgan fingerprint density at radius 3 is 2.00 bits per heavy atom. The second-order valence-corrected chi connectivity index (χ2v) is 8.32. The van der Waals surface area contributed by atoms with Gasteiger partial charge in [0.2, 0.25) is 5.71 Å². The lowest BCUT2D eigenvalue weighted by Gasteiger charge is -2.08. The Labute approximate surface area is 190 Å². The predicted molar refractivity (Wildman–Crippen MR) is 135 cm³/mol. The van der Waals surface area contributed by atoms with E-state index in [0.29, 0.717) is 5.71 Å². The third kappa shape index (κ3) is 2.98. The van der Waals surface area contributed by atoms with Gasteiger partial charge in [-0.1, -0.05) is 72.8 Å². The van der Waals surface area contributed by atoms with Gasteiger partial charge < -0.3 is 4.42 Å². The first-order valence-corrected chi connectivity index (χ1v) is 11.0. The zero-order chi connectivity index (χ0) is 21.8. The number of rotatable bonds is 2. The van der Waals surface area contributed by atoms with Crippen molar-refractivity contribution >= 4 is 44.0 Å². The molecule has 33 heavy (non-hydrogen) atoms. The van der Waals surface area contributed by atoms with E-state index in [1.54, 1.807) is 0 Å². The average molecular weight is 422 g/mol. The van der Waals surface area contributed by atoms with Gasteiger partial charge in [0.25, 0.3) is 0 Å². The minimum atomic E-state index is 0.575. The van der Waals surface area contributed by atoms with E-state index in [-0.39, 0.29) is 0 Å². The Morgan fingerprint density at radius 2 is 1.15 bits per heavy atom. The van der Waals surface area contributed by atoms with Gasteiger partial charge >= 0.3 is 0 Å². The largest absolute Gasteiger partial charge is 0.436 e. The summed E-state index contributed by atoms with van der Waals surface area (Å²) in [5.41, 5.74) is 8.58. The zero-order valence-electron chi connectivity index (χ0n) is 17.7. The standard InChI is InChI=1S/C30H18N2O/c1-2-7-20-16-23(13-12-19(20)6-1)21-8-5-9-22(17-21)24-14-15-28-25(18-24)29-30(33-28)32-27-11-4-3-10-26(27)31-29/h1-18H. The Hall–Kier alpha value is -4.50. The lowest BCUT2D eigenvalue weighted by molar-refractivity contribution is 0.655. The molecule has 0 saturated heterocycles. The summed E-state index contributed by atoms with van der Waals surface area (Å²) in [6, 6.07) is 37.9. The molecule has 2 heterocycles. The maximum Gasteiger partial charge on any atom is 0.246 e. The van der Waals surface area contributed by atoms with Gasteiger partial charge in [-0.25, -0.2) is 9.97 Å². The number of benzene rings is 5. The Kier molecular flexibility index (Phi) is 3.84. The van der Waals surface area contributed by atoms with Crippen molar-refractivity contribution in [3.8, 4) is 22.3 Å². The molecule has 3 nitrogen and oxygen atoms in total. The number of hydrogen-bond acceptors (Lipinski definition) is 3. The highest BCUT2D eigenvalue weighted by Crippen LogP contribution is 2.33. The summed E-state index contributed by atoms with van der Waals surface area (Å²) >= 11 is 0. The highest BCUT2D eigenvalue weighted by Gasteiger charge is 2.13. The fourth-order valence-electron chi connectivity index (χ4n) is 4.57. The summed E-state index contributed by atoms with van der Waals surface area (Å²) in [6.45, 7) is 0. The van der Waals surface area contributed by atoms with Gasteiger partial charge in [-0.05, 0) is 69.4 Å². The van der Waals surface area contributed by atoms with Crippen LogP contribution in [0.25, 0.3) is 66.3 Å². The number of para-hydroxylation sites is 2. The summed E-state index contributed by atoms with van der Waals surface area (Å²) in [5, 5.41) is 3.48. The van der Waals surface area contributed by atoms with E-state index in [9.17, 15) is 0 Å². The fourth-order valence-corrected chi connectivity index (χ4v) is 4.57. The summed E-state index contributed by atoms with van der Waals surface area (Å²) in [6.07, 6.45) is 0. The molecule has 0 radical (unpaired) electrons. The molecule has 0 fully saturated rings. The molecule has 7 aromatic rings. The average Bonchev–Trinajstić information content (AvgIpc) is 3.23. The molecule has 0 aliphatic rings. The van der Waals surface area contributed by atoms with E-state index < -0.39 is 0 Å². The van der Waals surface area contributed by atoms with Crippen molar-refractivity contribution in [3.05, 3.63) is 109 Å². The molecule has 0 atom stereocenters. The van der Waals surface area contributed by atoms with Crippen LogP contribution in [0.3, 0.4) is 0 Å². The van der Waals surface area contributed by atoms with Crippen molar-refractivity contribution in [1.82, 2.24) is 9.97 Å². The SMILES string of the molecule is c1cc(-c2ccc3ccccc3c2)cc(-c2ccc3oc4nc5ccccc5nc4c3c2)c1. The molecule has 0 aliphatic heterocycles. The maximum absolute atomic E-state index is 6.01. The molecule has 0 bridgehead atoms. The van der Waals surface area contributed by atoms with Gasteiger partial charge in [-0.3, -0.25) is 0 Å². The predicted octanol–water partition coefficient (Wildman–Crippen LogP) is 8.02. The number of hydrogen-bond donors (Lipinski definition) is 0. The van der Waals surface area contributed by atoms with Gasteiger partial charge in [0.15, 0.2) is 0 Å². The summed E-state index contributed by atoms with van der Waals surface area (Å²) in [5.74, 6) is 0. The van der Waals surface area contributed by atoms with Crippen LogP contribution in [0.15, 0.2) is 114 Å². The number of furan rings is 1. The van der Waals surface area contributed by atoms with E-state index in [2.05, 4.69) is 83.8 Å². The minimum absolute atomic E-state index is 0.575. The third-order valence-corrected chi connectivity index (χ3v) is 6.26. The highest BCUT2D eigenvalue weighted by molar-refractivity contribution is 6.05. The topological polar surface area (TPSA) is 38.9 Å². The second kappa shape index (κ2) is 7.01. The minimum Gasteiger partial charge on any atom is -0.436 e. The van der Waals surface area contributed by atoms with Crippen molar-refractivity contribution in [2.45, 2.75) is 0 Å². The van der Waals surface area contributed by atoms with Crippen molar-refractivity contribution in [3.63, 3.8) is 0 Å². The van der Waals surface area contributed by atoms with Crippen molar-refractivity contribution in [2.75, 3.05) is 0 Å². The second-order valence-electron chi connectivity index (χ2n) is 8.32. The molecule has 0 amide bonds. The lowest BCUT2D eigenvalue weighted by Crippen LogP contribution is -1.84. The van der Waals surface area contributed by atoms with Gasteiger partial charge in [-0.2, -0.15) is 0 Å². The molecule has 0 spiro atoms. The van der Waals surface area contributed by atoms with Crippen molar-refractivity contribution < 1.29 is 4.42 Å². The molecule has 0 saturated carbocycles. The highest BCUT2D eigenvalue weighted by atomic mass is 16.3. The van der Waals surface area contributed by atoms with Crippen LogP contribution >= 0.6 is 0 Å². The van der Waals surface area contributed by atoms with E-state index >= 15 is 0 Å². The number of nitrogens with zero attached hydrogens (tertiary/aromatic N) is 2. The number of aromatic nitrogens is 2. The van der Waals surface area contributed by atoms with Crippen molar-refractivity contribution in [2.24, 2.45) is 0 Å². The molecule has 0 N–H and O–H groups in total. The Bertz CT molecular complexity index is 1830. The quantitative estimate of drug-likeness (QED) is 0.283.